The van der Waals surface area contributed by atoms with Gasteiger partial charge in [-0.2, -0.15) is 0 Å². The van der Waals surface area contributed by atoms with Crippen LogP contribution in [0.25, 0.3) is 5.70 Å². The number of hydrogen-bond acceptors (Lipinski definition) is 2. The molecule has 2 nitrogen and oxygen atoms in total. The van der Waals surface area contributed by atoms with E-state index in [1.165, 1.54) is 11.1 Å². The summed E-state index contributed by atoms with van der Waals surface area (Å²) in [7, 11) is 1.88. The molecule has 0 fully saturated rings. The van der Waals surface area contributed by atoms with E-state index in [9.17, 15) is 0 Å². The quantitative estimate of drug-likeness (QED) is 0.806. The minimum absolute atomic E-state index is 0.509. The second-order valence-corrected chi connectivity index (χ2v) is 4.95. The molecule has 2 N–H and O–H groups in total. The maximum atomic E-state index is 8.21. The van der Waals surface area contributed by atoms with Crippen LogP contribution in [0.4, 0.5) is 0 Å². The van der Waals surface area contributed by atoms with Gasteiger partial charge in [-0.1, -0.05) is 59.7 Å². The summed E-state index contributed by atoms with van der Waals surface area (Å²) in [6.45, 7) is 4.12. The molecule has 0 saturated heterocycles. The van der Waals surface area contributed by atoms with Crippen molar-refractivity contribution in [3.8, 4) is 0 Å². The van der Waals surface area contributed by atoms with Gasteiger partial charge in [0.15, 0.2) is 0 Å². The second kappa shape index (κ2) is 6.20. The van der Waals surface area contributed by atoms with Crippen LogP contribution >= 0.6 is 0 Å². The molecule has 0 aliphatic carbocycles. The van der Waals surface area contributed by atoms with Gasteiger partial charge in [-0.25, -0.2) is 0 Å². The summed E-state index contributed by atoms with van der Waals surface area (Å²) in [5.41, 5.74) is 5.92. The summed E-state index contributed by atoms with van der Waals surface area (Å²) in [6.07, 6.45) is 1.87. The first-order valence-corrected chi connectivity index (χ1v) is 6.72. The molecular formula is C18H20N2. The number of hydrogen-bond donors (Lipinski definition) is 2. The number of nitrogens with one attached hydrogen (secondary N) is 2. The normalized spacial score (nSPS) is 11.2. The molecule has 0 aliphatic rings. The average molecular weight is 264 g/mol. The predicted octanol–water partition coefficient (Wildman–Crippen LogP) is 3.93. The molecule has 0 heterocycles. The smallest absolute Gasteiger partial charge is 0.0632 e. The monoisotopic (exact) mass is 264 g/mol. The van der Waals surface area contributed by atoms with Crippen molar-refractivity contribution in [2.45, 2.75) is 13.8 Å². The van der Waals surface area contributed by atoms with Gasteiger partial charge < -0.3 is 10.7 Å². The lowest BCUT2D eigenvalue weighted by Gasteiger charge is -2.09. The first kappa shape index (κ1) is 14.1. The van der Waals surface area contributed by atoms with Gasteiger partial charge in [0.1, 0.15) is 0 Å². The Morgan fingerprint density at radius 1 is 0.850 bits per heavy atom. The summed E-state index contributed by atoms with van der Waals surface area (Å²) in [4.78, 5) is 0. The van der Waals surface area contributed by atoms with Crippen molar-refractivity contribution in [2.75, 3.05) is 7.05 Å². The van der Waals surface area contributed by atoms with Crippen molar-refractivity contribution in [3.63, 3.8) is 0 Å². The summed E-state index contributed by atoms with van der Waals surface area (Å²) >= 11 is 0. The van der Waals surface area contributed by atoms with Crippen LogP contribution in [0.3, 0.4) is 0 Å². The largest absolute Gasteiger partial charge is 0.388 e. The fourth-order valence-electron chi connectivity index (χ4n) is 1.99. The van der Waals surface area contributed by atoms with E-state index >= 15 is 0 Å². The van der Waals surface area contributed by atoms with Crippen LogP contribution in [0.5, 0.6) is 0 Å². The Bertz CT molecular complexity index is 619. The van der Waals surface area contributed by atoms with E-state index in [0.29, 0.717) is 5.71 Å². The van der Waals surface area contributed by atoms with Crippen LogP contribution in [0.1, 0.15) is 22.3 Å². The molecule has 0 atom stereocenters. The van der Waals surface area contributed by atoms with Crippen molar-refractivity contribution in [1.29, 1.82) is 5.41 Å². The predicted molar refractivity (Wildman–Crippen MR) is 86.2 cm³/mol. The van der Waals surface area contributed by atoms with Gasteiger partial charge in [0.25, 0.3) is 0 Å². The molecular weight excluding hydrogens is 244 g/mol. The number of rotatable bonds is 4. The van der Waals surface area contributed by atoms with E-state index in [1.54, 1.807) is 0 Å². The van der Waals surface area contributed by atoms with E-state index in [0.717, 1.165) is 16.8 Å². The van der Waals surface area contributed by atoms with E-state index in [4.69, 9.17) is 5.41 Å². The Labute approximate surface area is 120 Å². The molecule has 2 aromatic carbocycles. The maximum absolute atomic E-state index is 8.21. The molecule has 0 saturated carbocycles. The Balaban J connectivity index is 2.28. The molecule has 0 unspecified atom stereocenters. The van der Waals surface area contributed by atoms with E-state index < -0.39 is 0 Å². The van der Waals surface area contributed by atoms with Crippen molar-refractivity contribution in [2.24, 2.45) is 0 Å². The standard InChI is InChI=1S/C18H20N2/c1-13-4-8-15(9-5-13)17(19)12-18(20-3)16-10-6-14(2)7-11-16/h4-12,19-20H,1-3H3/b18-12-,19-17?. The van der Waals surface area contributed by atoms with Gasteiger partial charge in [0.2, 0.25) is 0 Å². The van der Waals surface area contributed by atoms with E-state index in [1.807, 2.05) is 37.4 Å². The van der Waals surface area contributed by atoms with Crippen LogP contribution < -0.4 is 5.32 Å². The van der Waals surface area contributed by atoms with Gasteiger partial charge >= 0.3 is 0 Å². The lowest BCUT2D eigenvalue weighted by atomic mass is 10.0. The minimum Gasteiger partial charge on any atom is -0.388 e. The number of benzene rings is 2. The fourth-order valence-corrected chi connectivity index (χ4v) is 1.99. The lowest BCUT2D eigenvalue weighted by Crippen LogP contribution is -2.07. The van der Waals surface area contributed by atoms with Crippen LogP contribution in [-0.4, -0.2) is 12.8 Å². The van der Waals surface area contributed by atoms with Crippen molar-refractivity contribution in [1.82, 2.24) is 5.32 Å². The van der Waals surface area contributed by atoms with E-state index in [-0.39, 0.29) is 0 Å². The highest BCUT2D eigenvalue weighted by Crippen LogP contribution is 2.14. The van der Waals surface area contributed by atoms with Gasteiger partial charge in [0, 0.05) is 12.7 Å². The zero-order valence-electron chi connectivity index (χ0n) is 12.2. The molecule has 0 bridgehead atoms. The Morgan fingerprint density at radius 3 is 1.75 bits per heavy atom. The molecule has 20 heavy (non-hydrogen) atoms. The van der Waals surface area contributed by atoms with Crippen molar-refractivity contribution >= 4 is 11.4 Å². The fraction of sp³-hybridized carbons (Fsp3) is 0.167. The third kappa shape index (κ3) is 3.35. The number of allylic oxidation sites excluding steroid dienone is 1. The zero-order chi connectivity index (χ0) is 14.5. The zero-order valence-corrected chi connectivity index (χ0v) is 12.2. The summed E-state index contributed by atoms with van der Waals surface area (Å²) in [6, 6.07) is 16.3. The summed E-state index contributed by atoms with van der Waals surface area (Å²) in [5, 5.41) is 11.4. The van der Waals surface area contributed by atoms with Crippen LogP contribution in [-0.2, 0) is 0 Å². The van der Waals surface area contributed by atoms with Gasteiger partial charge in [0.05, 0.1) is 5.71 Å². The SMILES string of the molecule is CN/C(=C\C(=N)c1ccc(C)cc1)c1ccc(C)cc1. The number of aryl methyl sites for hydroxylation is 2. The van der Waals surface area contributed by atoms with Gasteiger partial charge in [-0.15, -0.1) is 0 Å². The van der Waals surface area contributed by atoms with E-state index in [2.05, 4.69) is 43.4 Å². The molecule has 2 rings (SSSR count). The van der Waals surface area contributed by atoms with Crippen LogP contribution in [0.2, 0.25) is 0 Å². The van der Waals surface area contributed by atoms with Gasteiger partial charge in [-0.3, -0.25) is 0 Å². The highest BCUT2D eigenvalue weighted by molar-refractivity contribution is 6.10. The molecule has 0 radical (unpaired) electrons. The van der Waals surface area contributed by atoms with Crippen molar-refractivity contribution < 1.29 is 0 Å². The van der Waals surface area contributed by atoms with Crippen molar-refractivity contribution in [3.05, 3.63) is 76.9 Å². The summed E-state index contributed by atoms with van der Waals surface area (Å²) < 4.78 is 0. The molecule has 2 aromatic rings. The highest BCUT2D eigenvalue weighted by atomic mass is 14.8. The maximum Gasteiger partial charge on any atom is 0.0632 e. The van der Waals surface area contributed by atoms with Crippen LogP contribution in [0.15, 0.2) is 54.6 Å². The lowest BCUT2D eigenvalue weighted by molar-refractivity contribution is 1.13. The Hall–Kier alpha value is -2.35. The highest BCUT2D eigenvalue weighted by Gasteiger charge is 2.03. The third-order valence-electron chi connectivity index (χ3n) is 3.28. The third-order valence-corrected chi connectivity index (χ3v) is 3.28. The first-order valence-electron chi connectivity index (χ1n) is 6.72. The molecule has 0 spiro atoms. The topological polar surface area (TPSA) is 35.9 Å². The summed E-state index contributed by atoms with van der Waals surface area (Å²) in [5.74, 6) is 0. The molecule has 0 amide bonds. The Kier molecular flexibility index (Phi) is 4.36. The molecule has 0 aliphatic heterocycles. The van der Waals surface area contributed by atoms with Gasteiger partial charge in [-0.05, 0) is 31.1 Å². The molecule has 102 valence electrons. The van der Waals surface area contributed by atoms with Crippen LogP contribution in [0, 0.1) is 19.3 Å². The second-order valence-electron chi connectivity index (χ2n) is 4.95. The minimum atomic E-state index is 0.509. The Morgan fingerprint density at radius 2 is 1.30 bits per heavy atom. The molecule has 0 aromatic heterocycles. The first-order chi connectivity index (χ1) is 9.60. The molecule has 2 heteroatoms. The average Bonchev–Trinajstić information content (AvgIpc) is 2.46.